The molecule has 0 saturated carbocycles. The van der Waals surface area contributed by atoms with Crippen LogP contribution in [-0.4, -0.2) is 31.6 Å². The summed E-state index contributed by atoms with van der Waals surface area (Å²) in [4.78, 5) is 14.5. The van der Waals surface area contributed by atoms with E-state index in [0.717, 1.165) is 58.2 Å². The van der Waals surface area contributed by atoms with Crippen LogP contribution < -0.4 is 16.0 Å². The minimum absolute atomic E-state index is 0. The predicted octanol–water partition coefficient (Wildman–Crippen LogP) is 4.82. The Balaban J connectivity index is 0.00000364. The lowest BCUT2D eigenvalue weighted by Crippen LogP contribution is -2.44. The molecule has 0 spiro atoms. The van der Waals surface area contributed by atoms with E-state index in [2.05, 4.69) is 55.3 Å². The fourth-order valence-electron chi connectivity index (χ4n) is 3.54. The number of benzene rings is 1. The maximum atomic E-state index is 12.1. The molecule has 1 aromatic carbocycles. The summed E-state index contributed by atoms with van der Waals surface area (Å²) in [5.74, 6) is 0.214. The summed E-state index contributed by atoms with van der Waals surface area (Å²) in [6.07, 6.45) is 6.99. The van der Waals surface area contributed by atoms with Gasteiger partial charge in [-0.2, -0.15) is 0 Å². The average Bonchev–Trinajstić information content (AvgIpc) is 2.61. The lowest BCUT2D eigenvalue weighted by Gasteiger charge is -2.34. The first-order valence-corrected chi connectivity index (χ1v) is 10.2. The highest BCUT2D eigenvalue weighted by atomic mass is 35.5. The third kappa shape index (κ3) is 9.02. The van der Waals surface area contributed by atoms with Gasteiger partial charge in [-0.25, -0.2) is 0 Å². The topological polar surface area (TPSA) is 58.4 Å². The molecule has 0 unspecified atom stereocenters. The van der Waals surface area contributed by atoms with E-state index >= 15 is 0 Å². The van der Waals surface area contributed by atoms with Crippen LogP contribution in [0.4, 0.5) is 5.69 Å². The van der Waals surface area contributed by atoms with E-state index in [1.54, 1.807) is 0 Å². The zero-order valence-corrected chi connectivity index (χ0v) is 19.3. The van der Waals surface area contributed by atoms with E-state index in [0.29, 0.717) is 12.5 Å². The first-order chi connectivity index (χ1) is 12.4. The quantitative estimate of drug-likeness (QED) is 0.579. The first-order valence-electron chi connectivity index (χ1n) is 10.2. The second kappa shape index (κ2) is 13.3. The summed E-state index contributed by atoms with van der Waals surface area (Å²) >= 11 is 0. The summed E-state index contributed by atoms with van der Waals surface area (Å²) in [6, 6.07) is 9.29. The van der Waals surface area contributed by atoms with E-state index in [9.17, 15) is 4.79 Å². The number of rotatable bonds is 8. The standard InChI is InChI=1S/C22H37N3O.2ClH/c1-22(2,3)18-9-11-20(12-10-18)25-16-13-19(14-17-25)24-21(26)8-6-4-5-7-15-23;;/h9-12,19H,4-8,13-17,23H2,1-3H3,(H,24,26);2*1H. The molecule has 2 rings (SSSR count). The summed E-state index contributed by atoms with van der Waals surface area (Å²) < 4.78 is 0. The van der Waals surface area contributed by atoms with Gasteiger partial charge in [0.25, 0.3) is 0 Å². The lowest BCUT2D eigenvalue weighted by atomic mass is 9.87. The van der Waals surface area contributed by atoms with Crippen molar-refractivity contribution in [3.05, 3.63) is 29.8 Å². The molecule has 0 atom stereocenters. The van der Waals surface area contributed by atoms with E-state index in [4.69, 9.17) is 5.73 Å². The molecule has 0 bridgehead atoms. The molecular weight excluding hydrogens is 393 g/mol. The van der Waals surface area contributed by atoms with Gasteiger partial charge in [0.2, 0.25) is 5.91 Å². The van der Waals surface area contributed by atoms with Crippen LogP contribution in [0.5, 0.6) is 0 Å². The van der Waals surface area contributed by atoms with E-state index in [1.807, 2.05) is 0 Å². The minimum atomic E-state index is 0. The van der Waals surface area contributed by atoms with Gasteiger partial charge in [-0.05, 0) is 55.3 Å². The van der Waals surface area contributed by atoms with E-state index in [-0.39, 0.29) is 36.1 Å². The summed E-state index contributed by atoms with van der Waals surface area (Å²) in [5.41, 5.74) is 8.35. The SMILES string of the molecule is CC(C)(C)c1ccc(N2CCC(NC(=O)CCCCCCN)CC2)cc1.Cl.Cl. The molecule has 3 N–H and O–H groups in total. The number of piperidine rings is 1. The van der Waals surface area contributed by atoms with Crippen molar-refractivity contribution in [3.8, 4) is 0 Å². The Labute approximate surface area is 183 Å². The number of unbranched alkanes of at least 4 members (excludes halogenated alkanes) is 3. The number of hydrogen-bond acceptors (Lipinski definition) is 3. The first kappa shape index (κ1) is 27.0. The smallest absolute Gasteiger partial charge is 0.220 e. The van der Waals surface area contributed by atoms with Crippen molar-refractivity contribution >= 4 is 36.4 Å². The van der Waals surface area contributed by atoms with Crippen molar-refractivity contribution < 1.29 is 4.79 Å². The molecule has 4 nitrogen and oxygen atoms in total. The number of amides is 1. The Morgan fingerprint density at radius 1 is 1.04 bits per heavy atom. The number of nitrogens with zero attached hydrogens (tertiary/aromatic N) is 1. The molecule has 1 aliphatic heterocycles. The monoisotopic (exact) mass is 431 g/mol. The van der Waals surface area contributed by atoms with Crippen LogP contribution in [-0.2, 0) is 10.2 Å². The van der Waals surface area contributed by atoms with Gasteiger partial charge >= 0.3 is 0 Å². The fourth-order valence-corrected chi connectivity index (χ4v) is 3.54. The fraction of sp³-hybridized carbons (Fsp3) is 0.682. The molecule has 162 valence electrons. The highest BCUT2D eigenvalue weighted by molar-refractivity contribution is 5.85. The Bertz CT molecular complexity index is 550. The Morgan fingerprint density at radius 3 is 2.14 bits per heavy atom. The zero-order chi connectivity index (χ0) is 19.0. The third-order valence-electron chi connectivity index (χ3n) is 5.32. The predicted molar refractivity (Wildman–Crippen MR) is 125 cm³/mol. The Hall–Kier alpha value is -0.970. The van der Waals surface area contributed by atoms with Crippen LogP contribution >= 0.6 is 24.8 Å². The summed E-state index contributed by atoms with van der Waals surface area (Å²) in [6.45, 7) is 9.51. The van der Waals surface area contributed by atoms with Crippen molar-refractivity contribution in [2.24, 2.45) is 5.73 Å². The van der Waals surface area contributed by atoms with Crippen LogP contribution in [0.3, 0.4) is 0 Å². The molecule has 1 heterocycles. The Kier molecular flexibility index (Phi) is 12.8. The zero-order valence-electron chi connectivity index (χ0n) is 17.7. The number of nitrogens with two attached hydrogens (primary N) is 1. The van der Waals surface area contributed by atoms with Crippen molar-refractivity contribution in [1.29, 1.82) is 0 Å². The third-order valence-corrected chi connectivity index (χ3v) is 5.32. The normalized spacial score (nSPS) is 14.8. The second-order valence-electron chi connectivity index (χ2n) is 8.58. The molecule has 28 heavy (non-hydrogen) atoms. The van der Waals surface area contributed by atoms with Crippen molar-refractivity contribution in [3.63, 3.8) is 0 Å². The maximum absolute atomic E-state index is 12.1. The highest BCUT2D eigenvalue weighted by Crippen LogP contribution is 2.26. The highest BCUT2D eigenvalue weighted by Gasteiger charge is 2.21. The molecule has 0 aliphatic carbocycles. The van der Waals surface area contributed by atoms with Gasteiger partial charge in [-0.15, -0.1) is 24.8 Å². The van der Waals surface area contributed by atoms with Crippen LogP contribution in [0.15, 0.2) is 24.3 Å². The maximum Gasteiger partial charge on any atom is 0.220 e. The van der Waals surface area contributed by atoms with Gasteiger partial charge in [0.05, 0.1) is 0 Å². The molecular formula is C22H39Cl2N3O. The van der Waals surface area contributed by atoms with Gasteiger partial charge in [-0.3, -0.25) is 4.79 Å². The van der Waals surface area contributed by atoms with Gasteiger partial charge < -0.3 is 16.0 Å². The molecule has 0 radical (unpaired) electrons. The lowest BCUT2D eigenvalue weighted by molar-refractivity contribution is -0.122. The Morgan fingerprint density at radius 2 is 1.61 bits per heavy atom. The van der Waals surface area contributed by atoms with Crippen LogP contribution in [0.1, 0.15) is 71.3 Å². The number of carbonyl (C=O) groups is 1. The second-order valence-corrected chi connectivity index (χ2v) is 8.58. The molecule has 1 aromatic rings. The number of anilines is 1. The molecule has 0 aromatic heterocycles. The number of hydrogen-bond donors (Lipinski definition) is 2. The van der Waals surface area contributed by atoms with Crippen molar-refractivity contribution in [1.82, 2.24) is 5.32 Å². The number of halogens is 2. The van der Waals surface area contributed by atoms with E-state index < -0.39 is 0 Å². The van der Waals surface area contributed by atoms with Crippen LogP contribution in [0.2, 0.25) is 0 Å². The van der Waals surface area contributed by atoms with Crippen molar-refractivity contribution in [2.45, 2.75) is 77.2 Å². The van der Waals surface area contributed by atoms with Gasteiger partial charge in [-0.1, -0.05) is 45.7 Å². The summed E-state index contributed by atoms with van der Waals surface area (Å²) in [5, 5.41) is 3.22. The number of carbonyl (C=O) groups excluding carboxylic acids is 1. The average molecular weight is 432 g/mol. The van der Waals surface area contributed by atoms with E-state index in [1.165, 1.54) is 11.3 Å². The molecule has 1 saturated heterocycles. The van der Waals surface area contributed by atoms with Crippen molar-refractivity contribution in [2.75, 3.05) is 24.5 Å². The molecule has 1 aliphatic rings. The van der Waals surface area contributed by atoms with Gasteiger partial charge in [0, 0.05) is 31.2 Å². The molecule has 1 amide bonds. The van der Waals surface area contributed by atoms with Crippen LogP contribution in [0, 0.1) is 0 Å². The minimum Gasteiger partial charge on any atom is -0.371 e. The molecule has 6 heteroatoms. The largest absolute Gasteiger partial charge is 0.371 e. The number of nitrogens with one attached hydrogen (secondary N) is 1. The summed E-state index contributed by atoms with van der Waals surface area (Å²) in [7, 11) is 0. The molecule has 1 fully saturated rings. The van der Waals surface area contributed by atoms with Gasteiger partial charge in [0.1, 0.15) is 0 Å². The van der Waals surface area contributed by atoms with Gasteiger partial charge in [0.15, 0.2) is 0 Å². The van der Waals surface area contributed by atoms with Crippen LogP contribution in [0.25, 0.3) is 0 Å².